The lowest BCUT2D eigenvalue weighted by Gasteiger charge is -2.16. The van der Waals surface area contributed by atoms with E-state index in [1.807, 2.05) is 13.8 Å². The average Bonchev–Trinajstić information content (AvgIpc) is 3.13. The molecule has 0 saturated carbocycles. The molecule has 0 saturated heterocycles. The van der Waals surface area contributed by atoms with Gasteiger partial charge >= 0.3 is 17.8 Å². The molecule has 11 heteroatoms. The van der Waals surface area contributed by atoms with E-state index in [4.69, 9.17) is 4.74 Å². The number of benzene rings is 1. The number of thioether (sulfide) groups is 1. The number of nitrogens with one attached hydrogen (secondary N) is 2. The fourth-order valence-electron chi connectivity index (χ4n) is 2.19. The van der Waals surface area contributed by atoms with Crippen LogP contribution in [0.1, 0.15) is 25.6 Å². The van der Waals surface area contributed by atoms with E-state index < -0.39 is 29.6 Å². The van der Waals surface area contributed by atoms with E-state index in [9.17, 15) is 23.9 Å². The monoisotopic (exact) mass is 441 g/mol. The van der Waals surface area contributed by atoms with Crippen LogP contribution in [0.15, 0.2) is 27.9 Å². The highest BCUT2D eigenvalue weighted by Crippen LogP contribution is 2.29. The second-order valence-electron chi connectivity index (χ2n) is 6.27. The van der Waals surface area contributed by atoms with Gasteiger partial charge in [0.25, 0.3) is 0 Å². The van der Waals surface area contributed by atoms with E-state index in [-0.39, 0.29) is 29.7 Å². The van der Waals surface area contributed by atoms with Crippen LogP contribution in [0.4, 0.5) is 10.1 Å². The molecule has 1 aromatic carbocycles. The number of nitrogens with zero attached hydrogens (tertiary/aromatic N) is 1. The smallest absolute Gasteiger partial charge is 0.332 e. The Hall–Kier alpha value is -2.66. The van der Waals surface area contributed by atoms with Crippen LogP contribution < -0.4 is 15.4 Å². The summed E-state index contributed by atoms with van der Waals surface area (Å²) in [5, 5.41) is 13.9. The molecular formula is C18H20FN3O5S2. The van der Waals surface area contributed by atoms with E-state index in [1.165, 1.54) is 34.7 Å². The van der Waals surface area contributed by atoms with E-state index >= 15 is 0 Å². The lowest BCUT2D eigenvalue weighted by atomic mass is 10.2. The number of amides is 2. The highest BCUT2D eigenvalue weighted by atomic mass is 32.2. The number of carboxylic acids is 1. The van der Waals surface area contributed by atoms with Crippen molar-refractivity contribution >= 4 is 46.6 Å². The summed E-state index contributed by atoms with van der Waals surface area (Å²) in [6.07, 6.45) is 1.75. The van der Waals surface area contributed by atoms with Crippen LogP contribution in [0.2, 0.25) is 0 Å². The average molecular weight is 442 g/mol. The summed E-state index contributed by atoms with van der Waals surface area (Å²) in [5.41, 5.74) is 1.71. The Morgan fingerprint density at radius 3 is 2.66 bits per heavy atom. The first-order valence-electron chi connectivity index (χ1n) is 8.47. The predicted octanol–water partition coefficient (Wildman–Crippen LogP) is 2.92. The quantitative estimate of drug-likeness (QED) is 0.426. The Balaban J connectivity index is 2.14. The summed E-state index contributed by atoms with van der Waals surface area (Å²) >= 11 is 2.51. The molecule has 1 aromatic heterocycles. The Bertz CT molecular complexity index is 903. The zero-order chi connectivity index (χ0) is 21.6. The zero-order valence-corrected chi connectivity index (χ0v) is 17.5. The summed E-state index contributed by atoms with van der Waals surface area (Å²) in [4.78, 5) is 40.1. The van der Waals surface area contributed by atoms with Crippen LogP contribution in [0, 0.1) is 11.7 Å². The minimum absolute atomic E-state index is 0.0683. The number of halogens is 1. The minimum Gasteiger partial charge on any atom is -0.491 e. The number of hydrogen-bond donors (Lipinski definition) is 3. The molecule has 0 fully saturated rings. The molecule has 0 aliphatic heterocycles. The number of aliphatic carboxylic acids is 1. The summed E-state index contributed by atoms with van der Waals surface area (Å²) in [6.45, 7) is 4.08. The SMILES string of the molecule is CSc1scnc1C(NC(=O)C(=O)Nc1ccc(F)cc1OCC(C)C)C(=O)O. The molecule has 2 amide bonds. The molecule has 0 aliphatic rings. The molecule has 0 aliphatic carbocycles. The lowest BCUT2D eigenvalue weighted by Crippen LogP contribution is -2.41. The maximum atomic E-state index is 13.5. The van der Waals surface area contributed by atoms with E-state index in [1.54, 1.807) is 6.26 Å². The van der Waals surface area contributed by atoms with E-state index in [0.29, 0.717) is 4.21 Å². The van der Waals surface area contributed by atoms with Gasteiger partial charge in [-0.25, -0.2) is 14.2 Å². The van der Waals surface area contributed by atoms with Gasteiger partial charge in [-0.1, -0.05) is 13.8 Å². The maximum Gasteiger partial charge on any atom is 0.332 e. The van der Waals surface area contributed by atoms with Gasteiger partial charge in [0.05, 0.1) is 27.7 Å². The molecular weight excluding hydrogens is 421 g/mol. The fourth-order valence-corrected chi connectivity index (χ4v) is 3.63. The van der Waals surface area contributed by atoms with Crippen molar-refractivity contribution in [3.05, 3.63) is 35.2 Å². The number of thiazole rings is 1. The third kappa shape index (κ3) is 6.16. The van der Waals surface area contributed by atoms with Gasteiger partial charge in [-0.2, -0.15) is 0 Å². The largest absolute Gasteiger partial charge is 0.491 e. The second kappa shape index (κ2) is 10.2. The van der Waals surface area contributed by atoms with Gasteiger partial charge < -0.3 is 20.5 Å². The Morgan fingerprint density at radius 1 is 1.31 bits per heavy atom. The van der Waals surface area contributed by atoms with Crippen LogP contribution in [-0.2, 0) is 14.4 Å². The van der Waals surface area contributed by atoms with Crippen LogP contribution in [0.5, 0.6) is 5.75 Å². The molecule has 2 aromatic rings. The third-order valence-electron chi connectivity index (χ3n) is 3.51. The van der Waals surface area contributed by atoms with Crippen molar-refractivity contribution in [3.63, 3.8) is 0 Å². The number of aromatic nitrogens is 1. The summed E-state index contributed by atoms with van der Waals surface area (Å²) in [6, 6.07) is 1.98. The van der Waals surface area contributed by atoms with Crippen LogP contribution in [0.3, 0.4) is 0 Å². The van der Waals surface area contributed by atoms with Crippen molar-refractivity contribution in [1.82, 2.24) is 10.3 Å². The number of anilines is 1. The normalized spacial score (nSPS) is 11.8. The van der Waals surface area contributed by atoms with Crippen molar-refractivity contribution < 1.29 is 28.6 Å². The van der Waals surface area contributed by atoms with Gasteiger partial charge in [-0.3, -0.25) is 9.59 Å². The molecule has 1 unspecified atom stereocenters. The first-order valence-corrected chi connectivity index (χ1v) is 10.6. The number of rotatable bonds is 8. The second-order valence-corrected chi connectivity index (χ2v) is 8.20. The van der Waals surface area contributed by atoms with Gasteiger partial charge in [0.15, 0.2) is 6.04 Å². The first-order chi connectivity index (χ1) is 13.7. The summed E-state index contributed by atoms with van der Waals surface area (Å²) in [5.74, 6) is -3.97. The predicted molar refractivity (Wildman–Crippen MR) is 108 cm³/mol. The van der Waals surface area contributed by atoms with Crippen LogP contribution in [0.25, 0.3) is 0 Å². The summed E-state index contributed by atoms with van der Waals surface area (Å²) in [7, 11) is 0. The molecule has 3 N–H and O–H groups in total. The van der Waals surface area contributed by atoms with E-state index in [2.05, 4.69) is 15.6 Å². The molecule has 29 heavy (non-hydrogen) atoms. The van der Waals surface area contributed by atoms with Gasteiger partial charge in [-0.05, 0) is 24.3 Å². The van der Waals surface area contributed by atoms with Crippen LogP contribution in [-0.4, -0.2) is 40.7 Å². The van der Waals surface area contributed by atoms with E-state index in [0.717, 1.165) is 12.1 Å². The minimum atomic E-state index is -1.48. The molecule has 156 valence electrons. The first kappa shape index (κ1) is 22.6. The van der Waals surface area contributed by atoms with Crippen molar-refractivity contribution in [2.45, 2.75) is 24.1 Å². The highest BCUT2D eigenvalue weighted by Gasteiger charge is 2.29. The number of ether oxygens (including phenoxy) is 1. The van der Waals surface area contributed by atoms with Crippen LogP contribution >= 0.6 is 23.1 Å². The zero-order valence-electron chi connectivity index (χ0n) is 15.9. The number of carbonyl (C=O) groups excluding carboxylic acids is 2. The molecule has 0 bridgehead atoms. The lowest BCUT2D eigenvalue weighted by molar-refractivity contribution is -0.144. The number of hydrogen-bond acceptors (Lipinski definition) is 7. The van der Waals surface area contributed by atoms with Gasteiger partial charge in [0.1, 0.15) is 11.6 Å². The molecule has 0 radical (unpaired) electrons. The molecule has 8 nitrogen and oxygen atoms in total. The molecule has 1 atom stereocenters. The topological polar surface area (TPSA) is 118 Å². The Labute approximate surface area is 174 Å². The van der Waals surface area contributed by atoms with Crippen molar-refractivity contribution in [2.24, 2.45) is 5.92 Å². The van der Waals surface area contributed by atoms with Crippen molar-refractivity contribution in [1.29, 1.82) is 0 Å². The molecule has 0 spiro atoms. The van der Waals surface area contributed by atoms with Gasteiger partial charge in [0.2, 0.25) is 0 Å². The van der Waals surface area contributed by atoms with Gasteiger partial charge in [-0.15, -0.1) is 23.1 Å². The third-order valence-corrected chi connectivity index (χ3v) is 5.51. The number of carbonyl (C=O) groups is 3. The standard InChI is InChI=1S/C18H20FN3O5S2/c1-9(2)7-27-12-6-10(19)4-5-11(12)21-15(23)16(24)22-13(17(25)26)14-18(28-3)29-8-20-14/h4-6,8-9,13H,7H2,1-3H3,(H,21,23)(H,22,24)(H,25,26). The number of carboxylic acid groups (broad SMARTS) is 1. The Morgan fingerprint density at radius 2 is 2.03 bits per heavy atom. The molecule has 1 heterocycles. The van der Waals surface area contributed by atoms with Gasteiger partial charge in [0, 0.05) is 6.07 Å². The van der Waals surface area contributed by atoms with Crippen molar-refractivity contribution in [3.8, 4) is 5.75 Å². The highest BCUT2D eigenvalue weighted by molar-refractivity contribution is 8.00. The van der Waals surface area contributed by atoms with Crippen molar-refractivity contribution in [2.75, 3.05) is 18.2 Å². The Kier molecular flexibility index (Phi) is 7.97. The maximum absolute atomic E-state index is 13.5. The summed E-state index contributed by atoms with van der Waals surface area (Å²) < 4.78 is 19.6. The fraction of sp³-hybridized carbons (Fsp3) is 0.333. The molecule has 2 rings (SSSR count).